The lowest BCUT2D eigenvalue weighted by Crippen LogP contribution is -2.44. The minimum Gasteiger partial charge on any atom is -0.388 e. The topological polar surface area (TPSA) is 90.8 Å². The fourth-order valence-corrected chi connectivity index (χ4v) is 5.81. The molecule has 0 saturated carbocycles. The fraction of sp³-hybridized carbons (Fsp3) is 0.323. The number of nitrogens with zero attached hydrogens (tertiary/aromatic N) is 3. The van der Waals surface area contributed by atoms with Crippen LogP contribution >= 0.6 is 0 Å². The molecule has 2 aliphatic heterocycles. The molecule has 1 amide bonds. The number of aromatic nitrogens is 2. The van der Waals surface area contributed by atoms with Crippen molar-refractivity contribution in [1.29, 1.82) is 0 Å². The molecule has 194 valence electrons. The summed E-state index contributed by atoms with van der Waals surface area (Å²) in [5, 5.41) is 13.3. The number of amides is 1. The number of hydrogen-bond donors (Lipinski definition) is 2. The first-order chi connectivity index (χ1) is 18.5. The van der Waals surface area contributed by atoms with Crippen molar-refractivity contribution in [1.82, 2.24) is 14.9 Å². The Bertz CT molecular complexity index is 1510. The summed E-state index contributed by atoms with van der Waals surface area (Å²) < 4.78 is 5.21. The molecule has 0 bridgehead atoms. The van der Waals surface area contributed by atoms with Crippen LogP contribution in [0, 0.1) is 5.92 Å². The molecule has 7 nitrogen and oxygen atoms in total. The number of fused-ring (bicyclic) bond motifs is 2. The first-order valence-electron chi connectivity index (χ1n) is 13.2. The molecule has 4 aromatic rings. The first-order valence-corrected chi connectivity index (χ1v) is 13.2. The van der Waals surface area contributed by atoms with E-state index in [1.807, 2.05) is 24.1 Å². The highest BCUT2D eigenvalue weighted by Gasteiger charge is 2.36. The zero-order valence-corrected chi connectivity index (χ0v) is 21.7. The van der Waals surface area contributed by atoms with E-state index in [0.717, 1.165) is 69.5 Å². The van der Waals surface area contributed by atoms with Crippen LogP contribution in [-0.2, 0) is 9.53 Å². The van der Waals surface area contributed by atoms with Gasteiger partial charge >= 0.3 is 0 Å². The van der Waals surface area contributed by atoms with Crippen LogP contribution in [0.5, 0.6) is 0 Å². The number of aliphatic hydroxyl groups excluding tert-OH is 1. The van der Waals surface area contributed by atoms with Crippen LogP contribution in [0.25, 0.3) is 33.2 Å². The van der Waals surface area contributed by atoms with Gasteiger partial charge in [-0.1, -0.05) is 43.3 Å². The number of benzene rings is 3. The summed E-state index contributed by atoms with van der Waals surface area (Å²) in [5.41, 5.74) is 6.76. The average Bonchev–Trinajstić information content (AvgIpc) is 3.65. The highest BCUT2D eigenvalue weighted by atomic mass is 16.5. The van der Waals surface area contributed by atoms with E-state index >= 15 is 0 Å². The second-order valence-electron chi connectivity index (χ2n) is 10.4. The van der Waals surface area contributed by atoms with E-state index in [4.69, 9.17) is 9.73 Å². The third-order valence-corrected chi connectivity index (χ3v) is 7.80. The fourth-order valence-electron chi connectivity index (χ4n) is 5.81. The number of ether oxygens (including phenoxy) is 1. The second kappa shape index (κ2) is 10.2. The molecule has 1 aromatic heterocycles. The van der Waals surface area contributed by atoms with Gasteiger partial charge in [0.25, 0.3) is 0 Å². The Labute approximate surface area is 222 Å². The van der Waals surface area contributed by atoms with Crippen molar-refractivity contribution >= 4 is 28.1 Å². The summed E-state index contributed by atoms with van der Waals surface area (Å²) in [4.78, 5) is 27.3. The van der Waals surface area contributed by atoms with Gasteiger partial charge in [-0.3, -0.25) is 9.79 Å². The molecule has 0 spiro atoms. The lowest BCUT2D eigenvalue weighted by Gasteiger charge is -2.31. The minimum absolute atomic E-state index is 0.0713. The molecule has 6 rings (SSSR count). The molecule has 7 heteroatoms. The van der Waals surface area contributed by atoms with Gasteiger partial charge in [-0.15, -0.1) is 0 Å². The Morgan fingerprint density at radius 1 is 1.11 bits per heavy atom. The maximum atomic E-state index is 13.1. The van der Waals surface area contributed by atoms with Crippen LogP contribution < -0.4 is 0 Å². The summed E-state index contributed by atoms with van der Waals surface area (Å²) >= 11 is 0. The van der Waals surface area contributed by atoms with E-state index in [0.29, 0.717) is 13.0 Å². The third kappa shape index (κ3) is 4.52. The van der Waals surface area contributed by atoms with Gasteiger partial charge in [0.05, 0.1) is 48.6 Å². The largest absolute Gasteiger partial charge is 0.388 e. The molecule has 0 aliphatic carbocycles. The number of carbonyl (C=O) groups is 1. The van der Waals surface area contributed by atoms with Crippen molar-refractivity contribution in [2.45, 2.75) is 38.3 Å². The van der Waals surface area contributed by atoms with Crippen molar-refractivity contribution in [3.05, 3.63) is 72.7 Å². The van der Waals surface area contributed by atoms with E-state index in [1.165, 1.54) is 0 Å². The molecule has 38 heavy (non-hydrogen) atoms. The summed E-state index contributed by atoms with van der Waals surface area (Å²) in [6, 6.07) is 18.9. The third-order valence-electron chi connectivity index (χ3n) is 7.80. The normalized spacial score (nSPS) is 19.9. The number of aliphatic hydroxyl groups is 1. The zero-order valence-electron chi connectivity index (χ0n) is 21.7. The van der Waals surface area contributed by atoms with Crippen LogP contribution in [0.4, 0.5) is 5.69 Å². The van der Waals surface area contributed by atoms with E-state index < -0.39 is 6.10 Å². The molecule has 0 radical (unpaired) electrons. The highest BCUT2D eigenvalue weighted by molar-refractivity contribution is 5.98. The molecular formula is C31H32N4O3. The lowest BCUT2D eigenvalue weighted by atomic mass is 9.91. The number of aliphatic imine (C=N–C) groups is 1. The lowest BCUT2D eigenvalue weighted by molar-refractivity contribution is -0.136. The van der Waals surface area contributed by atoms with Gasteiger partial charge < -0.3 is 19.7 Å². The van der Waals surface area contributed by atoms with Gasteiger partial charge in [-0.25, -0.2) is 4.98 Å². The minimum atomic E-state index is -0.627. The maximum absolute atomic E-state index is 13.1. The Balaban J connectivity index is 1.30. The molecule has 1 fully saturated rings. The van der Waals surface area contributed by atoms with Crippen molar-refractivity contribution < 1.29 is 14.6 Å². The molecule has 1 saturated heterocycles. The van der Waals surface area contributed by atoms with Crippen molar-refractivity contribution in [3.63, 3.8) is 0 Å². The van der Waals surface area contributed by atoms with Gasteiger partial charge in [-0.2, -0.15) is 0 Å². The zero-order chi connectivity index (χ0) is 26.2. The predicted octanol–water partition coefficient (Wildman–Crippen LogP) is 5.68. The SMILES string of the molecule is COCC(C)C(=O)N1CCCC1C1=Nc2cc(-c3ccc4cc(-c5cnc[nH]5)ccc4c3)ccc2C(O)C1. The van der Waals surface area contributed by atoms with Crippen LogP contribution in [0.1, 0.15) is 37.9 Å². The number of rotatable bonds is 6. The van der Waals surface area contributed by atoms with E-state index in [-0.39, 0.29) is 17.9 Å². The van der Waals surface area contributed by atoms with Crippen molar-refractivity contribution in [3.8, 4) is 22.4 Å². The smallest absolute Gasteiger partial charge is 0.228 e. The second-order valence-corrected chi connectivity index (χ2v) is 10.4. The quantitative estimate of drug-likeness (QED) is 0.351. The standard InChI is InChI=1S/C31H32N4O3/c1-19(17-38-2)31(37)35-11-3-4-29(35)27-15-30(36)25-10-9-23(14-26(25)34-27)21-5-6-22-13-24(8-7-20(22)12-21)28-16-32-18-33-28/h5-10,12-14,16,18-19,29-30,36H,3-4,11,15,17H2,1-2H3,(H,32,33). The van der Waals surface area contributed by atoms with Crippen molar-refractivity contribution in [2.24, 2.45) is 10.9 Å². The molecule has 3 atom stereocenters. The molecule has 3 heterocycles. The van der Waals surface area contributed by atoms with Crippen LogP contribution in [-0.4, -0.2) is 57.9 Å². The molecular weight excluding hydrogens is 476 g/mol. The van der Waals surface area contributed by atoms with Crippen LogP contribution in [0.15, 0.2) is 72.1 Å². The molecule has 3 aromatic carbocycles. The number of imidazole rings is 1. The Morgan fingerprint density at radius 2 is 1.84 bits per heavy atom. The number of H-pyrrole nitrogens is 1. The Morgan fingerprint density at radius 3 is 2.61 bits per heavy atom. The van der Waals surface area contributed by atoms with Gasteiger partial charge in [-0.05, 0) is 52.9 Å². The summed E-state index contributed by atoms with van der Waals surface area (Å²) in [5.74, 6) is -0.102. The van der Waals surface area contributed by atoms with Crippen LogP contribution in [0.2, 0.25) is 0 Å². The Hall–Kier alpha value is -3.81. The number of nitrogens with one attached hydrogen (secondary N) is 1. The molecule has 2 aliphatic rings. The van der Waals surface area contributed by atoms with Gasteiger partial charge in [0.1, 0.15) is 0 Å². The average molecular weight is 509 g/mol. The van der Waals surface area contributed by atoms with Gasteiger partial charge in [0.2, 0.25) is 5.91 Å². The maximum Gasteiger partial charge on any atom is 0.228 e. The highest BCUT2D eigenvalue weighted by Crippen LogP contribution is 2.39. The van der Waals surface area contributed by atoms with E-state index in [9.17, 15) is 9.90 Å². The number of aromatic amines is 1. The number of carbonyl (C=O) groups excluding carboxylic acids is 1. The van der Waals surface area contributed by atoms with Crippen molar-refractivity contribution in [2.75, 3.05) is 20.3 Å². The summed E-state index contributed by atoms with van der Waals surface area (Å²) in [6.07, 6.45) is 5.15. The van der Waals surface area contributed by atoms with Gasteiger partial charge in [0.15, 0.2) is 0 Å². The van der Waals surface area contributed by atoms with Gasteiger partial charge in [0, 0.05) is 36.9 Å². The Kier molecular flexibility index (Phi) is 6.55. The number of hydrogen-bond acceptors (Lipinski definition) is 5. The van der Waals surface area contributed by atoms with Crippen LogP contribution in [0.3, 0.4) is 0 Å². The summed E-state index contributed by atoms with van der Waals surface area (Å²) in [6.45, 7) is 3.03. The van der Waals surface area contributed by atoms with E-state index in [1.54, 1.807) is 13.4 Å². The first kappa shape index (κ1) is 24.5. The van der Waals surface area contributed by atoms with E-state index in [2.05, 4.69) is 58.5 Å². The molecule has 2 N–H and O–H groups in total. The number of likely N-dealkylation sites (tertiary alicyclic amines) is 1. The monoisotopic (exact) mass is 508 g/mol. The predicted molar refractivity (Wildman–Crippen MR) is 149 cm³/mol. The summed E-state index contributed by atoms with van der Waals surface area (Å²) in [7, 11) is 1.62. The molecule has 3 unspecified atom stereocenters. The number of methoxy groups -OCH3 is 1.